The average molecular weight is 368 g/mol. The third-order valence-electron chi connectivity index (χ3n) is 4.19. The maximum Gasteiger partial charge on any atom is 0.319 e. The second-order valence-corrected chi connectivity index (χ2v) is 6.99. The van der Waals surface area contributed by atoms with E-state index in [0.29, 0.717) is 40.5 Å². The summed E-state index contributed by atoms with van der Waals surface area (Å²) in [4.78, 5) is 29.7. The van der Waals surface area contributed by atoms with Crippen LogP contribution in [0.4, 0.5) is 0 Å². The van der Waals surface area contributed by atoms with Crippen molar-refractivity contribution in [2.45, 2.75) is 16.8 Å². The zero-order valence-corrected chi connectivity index (χ0v) is 14.9. The summed E-state index contributed by atoms with van der Waals surface area (Å²) in [7, 11) is 1.57. The first-order chi connectivity index (χ1) is 12.7. The topological polar surface area (TPSA) is 70.4 Å². The molecule has 0 bridgehead atoms. The minimum absolute atomic E-state index is 0.183. The van der Waals surface area contributed by atoms with Crippen LogP contribution in [0, 0.1) is 0 Å². The number of methoxy groups -OCH3 is 1. The summed E-state index contributed by atoms with van der Waals surface area (Å²) >= 11 is 1.26. The van der Waals surface area contributed by atoms with Crippen molar-refractivity contribution in [3.63, 3.8) is 0 Å². The molecule has 0 saturated carbocycles. The van der Waals surface area contributed by atoms with Crippen LogP contribution in [0.15, 0.2) is 58.5 Å². The second-order valence-electron chi connectivity index (χ2n) is 5.82. The minimum atomic E-state index is -0.361. The fourth-order valence-corrected chi connectivity index (χ4v) is 3.96. The van der Waals surface area contributed by atoms with Crippen LogP contribution < -0.4 is 10.3 Å². The van der Waals surface area contributed by atoms with Gasteiger partial charge >= 0.3 is 5.97 Å². The second kappa shape index (κ2) is 6.84. The summed E-state index contributed by atoms with van der Waals surface area (Å²) in [6.07, 6.45) is 0.601. The fraction of sp³-hybridized carbons (Fsp3) is 0.211. The largest absolute Gasteiger partial charge is 0.497 e. The van der Waals surface area contributed by atoms with E-state index in [1.54, 1.807) is 25.3 Å². The number of carbonyl (C=O) groups excluding carboxylic acids is 1. The number of aromatic nitrogens is 2. The van der Waals surface area contributed by atoms with Gasteiger partial charge in [0.1, 0.15) is 11.0 Å². The van der Waals surface area contributed by atoms with Crippen LogP contribution in [0.3, 0.4) is 0 Å². The molecule has 2 aromatic carbocycles. The maximum atomic E-state index is 13.2. The van der Waals surface area contributed by atoms with E-state index in [1.165, 1.54) is 16.3 Å². The Morgan fingerprint density at radius 1 is 1.19 bits per heavy atom. The van der Waals surface area contributed by atoms with Gasteiger partial charge in [0, 0.05) is 12.5 Å². The summed E-state index contributed by atoms with van der Waals surface area (Å²) in [5, 5.41) is 0.624. The van der Waals surface area contributed by atoms with Gasteiger partial charge in [-0.3, -0.25) is 14.2 Å². The first-order valence-corrected chi connectivity index (χ1v) is 9.05. The highest BCUT2D eigenvalue weighted by molar-refractivity contribution is 8.00. The molecule has 0 N–H and O–H groups in total. The molecule has 3 aromatic rings. The summed E-state index contributed by atoms with van der Waals surface area (Å²) in [5.74, 6) is 0.369. The number of fused-ring (bicyclic) bond motifs is 1. The van der Waals surface area contributed by atoms with Crippen LogP contribution in [-0.4, -0.2) is 34.5 Å². The molecular weight excluding hydrogens is 352 g/mol. The predicted octanol–water partition coefficient (Wildman–Crippen LogP) is 2.80. The van der Waals surface area contributed by atoms with Crippen LogP contribution in [-0.2, 0) is 9.53 Å². The highest BCUT2D eigenvalue weighted by Crippen LogP contribution is 2.30. The zero-order valence-electron chi connectivity index (χ0n) is 14.0. The van der Waals surface area contributed by atoms with Crippen LogP contribution in [0.25, 0.3) is 16.6 Å². The molecule has 0 unspecified atom stereocenters. The fourth-order valence-electron chi connectivity index (χ4n) is 2.88. The number of benzene rings is 2. The summed E-state index contributed by atoms with van der Waals surface area (Å²) in [6.45, 7) is 0.396. The zero-order chi connectivity index (χ0) is 18.1. The summed E-state index contributed by atoms with van der Waals surface area (Å²) in [6, 6.07) is 14.4. The lowest BCUT2D eigenvalue weighted by molar-refractivity contribution is -0.137. The number of ether oxygens (including phenoxy) is 2. The Hall–Kier alpha value is -2.80. The Labute approximate surface area is 153 Å². The van der Waals surface area contributed by atoms with Crippen molar-refractivity contribution in [2.75, 3.05) is 13.7 Å². The van der Waals surface area contributed by atoms with Crippen molar-refractivity contribution in [3.05, 3.63) is 58.9 Å². The van der Waals surface area contributed by atoms with Gasteiger partial charge in [-0.25, -0.2) is 4.98 Å². The molecule has 0 spiro atoms. The molecule has 132 valence electrons. The highest BCUT2D eigenvalue weighted by atomic mass is 32.2. The van der Waals surface area contributed by atoms with Crippen LogP contribution in [0.5, 0.6) is 5.75 Å². The van der Waals surface area contributed by atoms with Gasteiger partial charge in [-0.2, -0.15) is 0 Å². The van der Waals surface area contributed by atoms with Crippen molar-refractivity contribution in [2.24, 2.45) is 0 Å². The van der Waals surface area contributed by atoms with Crippen molar-refractivity contribution in [1.29, 1.82) is 0 Å². The lowest BCUT2D eigenvalue weighted by Crippen LogP contribution is -2.23. The highest BCUT2D eigenvalue weighted by Gasteiger charge is 2.29. The molecule has 2 heterocycles. The minimum Gasteiger partial charge on any atom is -0.497 e. The van der Waals surface area contributed by atoms with E-state index in [4.69, 9.17) is 9.47 Å². The number of rotatable bonds is 4. The molecule has 1 aliphatic rings. The van der Waals surface area contributed by atoms with Gasteiger partial charge in [0.15, 0.2) is 5.16 Å². The van der Waals surface area contributed by atoms with Gasteiger partial charge < -0.3 is 9.47 Å². The molecule has 0 radical (unpaired) electrons. The Balaban J connectivity index is 1.92. The van der Waals surface area contributed by atoms with Crippen LogP contribution in [0.1, 0.15) is 6.42 Å². The number of nitrogens with zero attached hydrogens (tertiary/aromatic N) is 2. The Bertz CT molecular complexity index is 1050. The third kappa shape index (κ3) is 2.94. The van der Waals surface area contributed by atoms with Gasteiger partial charge in [0.05, 0.1) is 30.3 Å². The molecule has 1 saturated heterocycles. The average Bonchev–Trinajstić information content (AvgIpc) is 3.07. The van der Waals surface area contributed by atoms with Crippen molar-refractivity contribution < 1.29 is 14.3 Å². The Kier molecular flexibility index (Phi) is 4.38. The molecule has 26 heavy (non-hydrogen) atoms. The van der Waals surface area contributed by atoms with Crippen LogP contribution >= 0.6 is 11.8 Å². The molecular formula is C19H16N2O4S. The van der Waals surface area contributed by atoms with Crippen LogP contribution in [0.2, 0.25) is 0 Å². The van der Waals surface area contributed by atoms with Gasteiger partial charge in [-0.05, 0) is 24.3 Å². The predicted molar refractivity (Wildman–Crippen MR) is 99.1 cm³/mol. The maximum absolute atomic E-state index is 13.2. The number of esters is 1. The van der Waals surface area contributed by atoms with E-state index in [-0.39, 0.29) is 16.8 Å². The molecule has 0 aliphatic carbocycles. The van der Waals surface area contributed by atoms with Crippen molar-refractivity contribution >= 4 is 28.6 Å². The standard InChI is InChI=1S/C19H16N2O4S/c1-24-13-6-4-5-12(11-13)21-17(22)14-7-2-3-8-15(14)20-19(21)26-16-9-10-25-18(16)23/h2-8,11,16H,9-10H2,1H3/t16-/m0/s1. The van der Waals surface area contributed by atoms with Gasteiger partial charge in [0.25, 0.3) is 5.56 Å². The van der Waals surface area contributed by atoms with Gasteiger partial charge in [-0.15, -0.1) is 0 Å². The van der Waals surface area contributed by atoms with E-state index in [2.05, 4.69) is 4.98 Å². The first-order valence-electron chi connectivity index (χ1n) is 8.17. The Morgan fingerprint density at radius 2 is 2.04 bits per heavy atom. The smallest absolute Gasteiger partial charge is 0.319 e. The van der Waals surface area contributed by atoms with Crippen molar-refractivity contribution in [3.8, 4) is 11.4 Å². The number of para-hydroxylation sites is 1. The molecule has 1 aliphatic heterocycles. The number of thioether (sulfide) groups is 1. The molecule has 1 fully saturated rings. The van der Waals surface area contributed by atoms with Crippen molar-refractivity contribution in [1.82, 2.24) is 9.55 Å². The number of hydrogen-bond donors (Lipinski definition) is 0. The first kappa shape index (κ1) is 16.7. The van der Waals surface area contributed by atoms with Gasteiger partial charge in [-0.1, -0.05) is 30.0 Å². The van der Waals surface area contributed by atoms with E-state index >= 15 is 0 Å². The summed E-state index contributed by atoms with van der Waals surface area (Å²) in [5.41, 5.74) is 1.06. The van der Waals surface area contributed by atoms with Gasteiger partial charge in [0.2, 0.25) is 0 Å². The van der Waals surface area contributed by atoms with E-state index in [1.807, 2.05) is 30.3 Å². The monoisotopic (exact) mass is 368 g/mol. The van der Waals surface area contributed by atoms with E-state index in [0.717, 1.165) is 0 Å². The molecule has 4 rings (SSSR count). The third-order valence-corrected chi connectivity index (χ3v) is 5.39. The lowest BCUT2D eigenvalue weighted by atomic mass is 10.2. The molecule has 1 aromatic heterocycles. The SMILES string of the molecule is COc1cccc(-n2c(S[C@H]3CCOC3=O)nc3ccccc3c2=O)c1. The Morgan fingerprint density at radius 3 is 2.81 bits per heavy atom. The lowest BCUT2D eigenvalue weighted by Gasteiger charge is -2.15. The van der Waals surface area contributed by atoms with E-state index < -0.39 is 0 Å². The molecule has 7 heteroatoms. The molecule has 1 atom stereocenters. The number of hydrogen-bond acceptors (Lipinski definition) is 6. The number of cyclic esters (lactones) is 1. The molecule has 6 nitrogen and oxygen atoms in total. The number of carbonyl (C=O) groups is 1. The molecule has 0 amide bonds. The van der Waals surface area contributed by atoms with E-state index in [9.17, 15) is 9.59 Å². The summed E-state index contributed by atoms with van der Waals surface area (Å²) < 4.78 is 11.8. The quantitative estimate of drug-likeness (QED) is 0.521. The normalized spacial score (nSPS) is 16.7.